The van der Waals surface area contributed by atoms with Crippen LogP contribution in [-0.4, -0.2) is 37.2 Å². The number of nitrogens with zero attached hydrogens (tertiary/aromatic N) is 2. The maximum atomic E-state index is 5.60. The summed E-state index contributed by atoms with van der Waals surface area (Å²) in [6, 6.07) is 25.3. The molecule has 0 aliphatic carbocycles. The van der Waals surface area contributed by atoms with Gasteiger partial charge in [-0.15, -0.1) is 11.3 Å². The summed E-state index contributed by atoms with van der Waals surface area (Å²) < 4.78 is 11.0. The van der Waals surface area contributed by atoms with Crippen LogP contribution in [0.4, 0.5) is 0 Å². The first kappa shape index (κ1) is 23.6. The molecule has 2 heterocycles. The molecule has 1 fully saturated rings. The van der Waals surface area contributed by atoms with Crippen LogP contribution in [0.15, 0.2) is 78.2 Å². The van der Waals surface area contributed by atoms with Gasteiger partial charge in [-0.25, -0.2) is 4.98 Å². The van der Waals surface area contributed by atoms with Crippen molar-refractivity contribution < 1.29 is 9.47 Å². The first-order chi connectivity index (χ1) is 17.2. The standard InChI is InChI=1S/C30H32N2O2S/c1-33-27-11-12-29(34-2)28(19-27)24-9-6-10-25(18-24)30-31-26(21-35-30)20-32-15-13-23(14-16-32)17-22-7-4-3-5-8-22/h3-12,18-19,21,23H,13-17,20H2,1-2H3. The van der Waals surface area contributed by atoms with E-state index < -0.39 is 0 Å². The fraction of sp³-hybridized carbons (Fsp3) is 0.300. The van der Waals surface area contributed by atoms with Gasteiger partial charge in [-0.1, -0.05) is 48.5 Å². The highest BCUT2D eigenvalue weighted by molar-refractivity contribution is 7.13. The normalized spacial score (nSPS) is 14.7. The predicted octanol–water partition coefficient (Wildman–Crippen LogP) is 6.95. The van der Waals surface area contributed by atoms with Crippen LogP contribution in [0.25, 0.3) is 21.7 Å². The smallest absolute Gasteiger partial charge is 0.126 e. The van der Waals surface area contributed by atoms with Gasteiger partial charge in [0.1, 0.15) is 16.5 Å². The monoisotopic (exact) mass is 484 g/mol. The number of ether oxygens (including phenoxy) is 2. The van der Waals surface area contributed by atoms with Crippen molar-refractivity contribution in [2.75, 3.05) is 27.3 Å². The fourth-order valence-electron chi connectivity index (χ4n) is 4.90. The van der Waals surface area contributed by atoms with Gasteiger partial charge in [0.2, 0.25) is 0 Å². The maximum absolute atomic E-state index is 5.60. The van der Waals surface area contributed by atoms with Gasteiger partial charge in [0.05, 0.1) is 19.9 Å². The summed E-state index contributed by atoms with van der Waals surface area (Å²) in [6.07, 6.45) is 3.72. The molecule has 5 heteroatoms. The topological polar surface area (TPSA) is 34.6 Å². The Morgan fingerprint density at radius 1 is 0.886 bits per heavy atom. The zero-order chi connectivity index (χ0) is 24.0. The number of methoxy groups -OCH3 is 2. The average Bonchev–Trinajstić information content (AvgIpc) is 3.38. The summed E-state index contributed by atoms with van der Waals surface area (Å²) in [5.74, 6) is 2.43. The van der Waals surface area contributed by atoms with Crippen LogP contribution in [0.2, 0.25) is 0 Å². The first-order valence-corrected chi connectivity index (χ1v) is 13.1. The van der Waals surface area contributed by atoms with Gasteiger partial charge in [0.25, 0.3) is 0 Å². The summed E-state index contributed by atoms with van der Waals surface area (Å²) in [7, 11) is 3.39. The Morgan fingerprint density at radius 2 is 1.69 bits per heavy atom. The first-order valence-electron chi connectivity index (χ1n) is 12.3. The molecule has 1 aromatic heterocycles. The minimum Gasteiger partial charge on any atom is -0.497 e. The molecule has 1 saturated heterocycles. The van der Waals surface area contributed by atoms with Crippen molar-refractivity contribution in [1.82, 2.24) is 9.88 Å². The van der Waals surface area contributed by atoms with Gasteiger partial charge in [-0.2, -0.15) is 0 Å². The Labute approximate surface area is 212 Å². The number of rotatable bonds is 8. The maximum Gasteiger partial charge on any atom is 0.126 e. The molecule has 5 rings (SSSR count). The van der Waals surface area contributed by atoms with Crippen LogP contribution < -0.4 is 9.47 Å². The van der Waals surface area contributed by atoms with E-state index in [1.54, 1.807) is 25.6 Å². The minimum absolute atomic E-state index is 0.788. The molecule has 0 spiro atoms. The molecular weight excluding hydrogens is 452 g/mol. The Kier molecular flexibility index (Phi) is 7.45. The van der Waals surface area contributed by atoms with Crippen molar-refractivity contribution in [3.05, 3.63) is 89.4 Å². The van der Waals surface area contributed by atoms with Gasteiger partial charge in [0.15, 0.2) is 0 Å². The SMILES string of the molecule is COc1ccc(OC)c(-c2cccc(-c3nc(CN4CCC(Cc5ccccc5)CC4)cs3)c2)c1. The highest BCUT2D eigenvalue weighted by Gasteiger charge is 2.20. The Balaban J connectivity index is 1.24. The quantitative estimate of drug-likeness (QED) is 0.271. The van der Waals surface area contributed by atoms with Gasteiger partial charge in [-0.3, -0.25) is 4.90 Å². The van der Waals surface area contributed by atoms with Gasteiger partial charge < -0.3 is 9.47 Å². The number of hydrogen-bond acceptors (Lipinski definition) is 5. The molecule has 0 N–H and O–H groups in total. The summed E-state index contributed by atoms with van der Waals surface area (Å²) in [6.45, 7) is 3.23. The summed E-state index contributed by atoms with van der Waals surface area (Å²) in [5.41, 5.74) is 5.87. The Hall–Kier alpha value is -3.15. The van der Waals surface area contributed by atoms with Crippen LogP contribution >= 0.6 is 11.3 Å². The van der Waals surface area contributed by atoms with E-state index in [0.717, 1.165) is 64.4 Å². The highest BCUT2D eigenvalue weighted by atomic mass is 32.1. The fourth-order valence-corrected chi connectivity index (χ4v) is 5.70. The van der Waals surface area contributed by atoms with E-state index in [-0.39, 0.29) is 0 Å². The van der Waals surface area contributed by atoms with E-state index in [0.29, 0.717) is 0 Å². The molecule has 0 amide bonds. The number of hydrogen-bond donors (Lipinski definition) is 0. The zero-order valence-corrected chi connectivity index (χ0v) is 21.3. The van der Waals surface area contributed by atoms with Crippen LogP contribution in [-0.2, 0) is 13.0 Å². The van der Waals surface area contributed by atoms with Crippen molar-refractivity contribution in [3.63, 3.8) is 0 Å². The second-order valence-electron chi connectivity index (χ2n) is 9.20. The van der Waals surface area contributed by atoms with Crippen LogP contribution in [0.1, 0.15) is 24.1 Å². The molecule has 3 aromatic carbocycles. The molecule has 4 nitrogen and oxygen atoms in total. The third-order valence-corrected chi connectivity index (χ3v) is 7.78. The van der Waals surface area contributed by atoms with Gasteiger partial charge >= 0.3 is 0 Å². The number of likely N-dealkylation sites (tertiary alicyclic amines) is 1. The third-order valence-electron chi connectivity index (χ3n) is 6.84. The second kappa shape index (κ2) is 11.1. The molecule has 0 unspecified atom stereocenters. The van der Waals surface area contributed by atoms with E-state index in [2.05, 4.69) is 64.9 Å². The highest BCUT2D eigenvalue weighted by Crippen LogP contribution is 2.36. The van der Waals surface area contributed by atoms with E-state index in [1.807, 2.05) is 18.2 Å². The lowest BCUT2D eigenvalue weighted by Gasteiger charge is -2.31. The third kappa shape index (κ3) is 5.75. The number of piperidine rings is 1. The van der Waals surface area contributed by atoms with Crippen molar-refractivity contribution >= 4 is 11.3 Å². The molecular formula is C30H32N2O2S. The van der Waals surface area contributed by atoms with Crippen LogP contribution in [0.3, 0.4) is 0 Å². The van der Waals surface area contributed by atoms with Gasteiger partial charge in [-0.05, 0) is 73.7 Å². The average molecular weight is 485 g/mol. The van der Waals surface area contributed by atoms with Crippen molar-refractivity contribution in [2.45, 2.75) is 25.8 Å². The minimum atomic E-state index is 0.788. The lowest BCUT2D eigenvalue weighted by molar-refractivity contribution is 0.175. The Bertz CT molecular complexity index is 1250. The van der Waals surface area contributed by atoms with Gasteiger partial charge in [0, 0.05) is 23.1 Å². The zero-order valence-electron chi connectivity index (χ0n) is 20.4. The summed E-state index contributed by atoms with van der Waals surface area (Å²) >= 11 is 1.72. The molecule has 180 valence electrons. The molecule has 35 heavy (non-hydrogen) atoms. The second-order valence-corrected chi connectivity index (χ2v) is 10.1. The lowest BCUT2D eigenvalue weighted by Crippen LogP contribution is -2.33. The number of benzene rings is 3. The molecule has 1 aliphatic heterocycles. The van der Waals surface area contributed by atoms with Crippen LogP contribution in [0.5, 0.6) is 11.5 Å². The number of aromatic nitrogens is 1. The summed E-state index contributed by atoms with van der Waals surface area (Å²) in [5, 5.41) is 3.27. The molecule has 0 atom stereocenters. The lowest BCUT2D eigenvalue weighted by atomic mass is 9.90. The van der Waals surface area contributed by atoms with Crippen LogP contribution in [0, 0.1) is 5.92 Å². The van der Waals surface area contributed by atoms with E-state index >= 15 is 0 Å². The van der Waals surface area contributed by atoms with E-state index in [1.165, 1.54) is 24.8 Å². The molecule has 1 aliphatic rings. The van der Waals surface area contributed by atoms with E-state index in [9.17, 15) is 0 Å². The largest absolute Gasteiger partial charge is 0.497 e. The number of thiazole rings is 1. The molecule has 4 aromatic rings. The van der Waals surface area contributed by atoms with E-state index in [4.69, 9.17) is 14.5 Å². The predicted molar refractivity (Wildman–Crippen MR) is 144 cm³/mol. The molecule has 0 saturated carbocycles. The molecule has 0 radical (unpaired) electrons. The summed E-state index contributed by atoms with van der Waals surface area (Å²) in [4.78, 5) is 7.55. The van der Waals surface area contributed by atoms with Crippen molar-refractivity contribution in [2.24, 2.45) is 5.92 Å². The Morgan fingerprint density at radius 3 is 2.46 bits per heavy atom. The molecule has 0 bridgehead atoms. The van der Waals surface area contributed by atoms with Crippen molar-refractivity contribution in [3.8, 4) is 33.2 Å². The van der Waals surface area contributed by atoms with Crippen molar-refractivity contribution in [1.29, 1.82) is 0 Å².